The summed E-state index contributed by atoms with van der Waals surface area (Å²) in [4.78, 5) is 41.5. The molecule has 0 radical (unpaired) electrons. The number of amides is 2. The number of rotatable bonds is 11. The van der Waals surface area contributed by atoms with Crippen molar-refractivity contribution in [3.8, 4) is 5.75 Å². The summed E-state index contributed by atoms with van der Waals surface area (Å²) < 4.78 is 11.2. The van der Waals surface area contributed by atoms with Crippen molar-refractivity contribution in [3.05, 3.63) is 64.8 Å². The third-order valence-corrected chi connectivity index (χ3v) is 7.62. The summed E-state index contributed by atoms with van der Waals surface area (Å²) >= 11 is 0. The van der Waals surface area contributed by atoms with E-state index in [1.54, 1.807) is 17.9 Å². The molecule has 1 fully saturated rings. The third-order valence-electron chi connectivity index (χ3n) is 7.62. The molecule has 42 heavy (non-hydrogen) atoms. The quantitative estimate of drug-likeness (QED) is 0.310. The molecule has 2 aliphatic rings. The second-order valence-electron chi connectivity index (χ2n) is 11.3. The molecule has 1 saturated heterocycles. The Balaban J connectivity index is 1.11. The fraction of sp³-hybridized carbons (Fsp3) is 0.500. The van der Waals surface area contributed by atoms with Crippen LogP contribution in [0.25, 0.3) is 0 Å². The molecule has 0 aliphatic carbocycles. The molecule has 0 unspecified atom stereocenters. The molecule has 0 bridgehead atoms. The van der Waals surface area contributed by atoms with Gasteiger partial charge in [-0.1, -0.05) is 19.9 Å². The Morgan fingerprint density at radius 1 is 1.19 bits per heavy atom. The molecule has 5 rings (SSSR count). The Labute approximate surface area is 245 Å². The summed E-state index contributed by atoms with van der Waals surface area (Å²) in [5.41, 5.74) is 3.49. The van der Waals surface area contributed by atoms with Crippen LogP contribution < -0.4 is 15.4 Å². The molecule has 224 valence electrons. The van der Waals surface area contributed by atoms with Gasteiger partial charge in [-0.2, -0.15) is 0 Å². The number of likely N-dealkylation sites (tertiary alicyclic amines) is 1. The Morgan fingerprint density at radius 3 is 2.71 bits per heavy atom. The highest BCUT2D eigenvalue weighted by molar-refractivity contribution is 5.93. The fourth-order valence-corrected chi connectivity index (χ4v) is 5.06. The summed E-state index contributed by atoms with van der Waals surface area (Å²) in [5.74, 6) is 2.32. The lowest BCUT2D eigenvalue weighted by atomic mass is 9.99. The molecule has 1 atom stereocenters. The molecule has 12 nitrogen and oxygen atoms in total. The maximum atomic E-state index is 13.0. The lowest BCUT2D eigenvalue weighted by Crippen LogP contribution is -2.56. The third kappa shape index (κ3) is 7.24. The van der Waals surface area contributed by atoms with Crippen molar-refractivity contribution in [2.75, 3.05) is 38.0 Å². The molecular formula is C30H39N7O5. The van der Waals surface area contributed by atoms with Gasteiger partial charge in [0, 0.05) is 58.2 Å². The average Bonchev–Trinajstić information content (AvgIpc) is 3.36. The largest absolute Gasteiger partial charge is 0.486 e. The summed E-state index contributed by atoms with van der Waals surface area (Å²) in [6.07, 6.45) is 1.52. The molecule has 4 heterocycles. The molecule has 2 aromatic heterocycles. The zero-order valence-corrected chi connectivity index (χ0v) is 24.6. The van der Waals surface area contributed by atoms with Gasteiger partial charge in [-0.25, -0.2) is 15.0 Å². The number of hydrogen-bond donors (Lipinski definition) is 3. The van der Waals surface area contributed by atoms with Crippen molar-refractivity contribution < 1.29 is 23.8 Å². The Hall–Kier alpha value is -4.03. The van der Waals surface area contributed by atoms with Gasteiger partial charge in [-0.3, -0.25) is 14.5 Å². The van der Waals surface area contributed by atoms with Gasteiger partial charge in [-0.05, 0) is 36.6 Å². The number of aromatic nitrogens is 3. The van der Waals surface area contributed by atoms with E-state index in [0.717, 1.165) is 24.4 Å². The van der Waals surface area contributed by atoms with Crippen LogP contribution >= 0.6 is 0 Å². The zero-order chi connectivity index (χ0) is 29.8. The molecule has 3 aromatic rings. The SMILES string of the molecule is CC(=O)N1CC(Nc2cc(C(=O)NC[C@H](O)CN3CCc4cc(OCc5ocnc5C)ccc4C3)nc(C(C)C)n2)C1. The van der Waals surface area contributed by atoms with Crippen molar-refractivity contribution in [2.45, 2.75) is 65.3 Å². The molecule has 2 amide bonds. The van der Waals surface area contributed by atoms with E-state index < -0.39 is 6.10 Å². The molecule has 0 spiro atoms. The van der Waals surface area contributed by atoms with Crippen LogP contribution in [0.15, 0.2) is 35.1 Å². The minimum atomic E-state index is -0.736. The number of nitrogens with one attached hydrogen (secondary N) is 2. The van der Waals surface area contributed by atoms with Crippen LogP contribution in [0.1, 0.15) is 65.6 Å². The number of fused-ring (bicyclic) bond motifs is 1. The van der Waals surface area contributed by atoms with Crippen LogP contribution in [0.4, 0.5) is 5.82 Å². The van der Waals surface area contributed by atoms with Crippen LogP contribution in [-0.4, -0.2) is 86.5 Å². The van der Waals surface area contributed by atoms with E-state index in [1.165, 1.54) is 17.5 Å². The minimum absolute atomic E-state index is 0.0288. The van der Waals surface area contributed by atoms with E-state index in [2.05, 4.69) is 42.6 Å². The number of carbonyl (C=O) groups excluding carboxylic acids is 2. The maximum Gasteiger partial charge on any atom is 0.270 e. The number of anilines is 1. The second kappa shape index (κ2) is 12.9. The number of aryl methyl sites for hydroxylation is 1. The molecular weight excluding hydrogens is 538 g/mol. The Morgan fingerprint density at radius 2 is 2.00 bits per heavy atom. The minimum Gasteiger partial charge on any atom is -0.486 e. The molecule has 12 heteroatoms. The number of carbonyl (C=O) groups is 2. The summed E-state index contributed by atoms with van der Waals surface area (Å²) in [5, 5.41) is 16.9. The van der Waals surface area contributed by atoms with Crippen LogP contribution in [0.5, 0.6) is 5.75 Å². The number of aliphatic hydroxyl groups is 1. The molecule has 0 saturated carbocycles. The maximum absolute atomic E-state index is 13.0. The first-order valence-corrected chi connectivity index (χ1v) is 14.4. The number of nitrogens with zero attached hydrogens (tertiary/aromatic N) is 5. The Bertz CT molecular complexity index is 1420. The number of β-amino-alcohol motifs (C(OH)–C–C–N with tert-alkyl or cyclic N) is 1. The fourth-order valence-electron chi connectivity index (χ4n) is 5.06. The molecule has 3 N–H and O–H groups in total. The highest BCUT2D eigenvalue weighted by Gasteiger charge is 2.29. The first kappa shape index (κ1) is 29.5. The van der Waals surface area contributed by atoms with Gasteiger partial charge < -0.3 is 29.8 Å². The van der Waals surface area contributed by atoms with Crippen molar-refractivity contribution in [1.29, 1.82) is 0 Å². The number of oxazole rings is 1. The van der Waals surface area contributed by atoms with Crippen molar-refractivity contribution >= 4 is 17.6 Å². The van der Waals surface area contributed by atoms with E-state index in [9.17, 15) is 14.7 Å². The van der Waals surface area contributed by atoms with E-state index in [4.69, 9.17) is 9.15 Å². The standard InChI is InChI=1S/C30H39N7O5/c1-18(2)29-34-26(10-28(35-29)33-23-13-37(14-23)20(4)38)30(40)31-11-24(39)15-36-8-7-21-9-25(6-5-22(21)12-36)41-16-27-19(3)32-17-42-27/h5-6,9-10,17-18,23-24,39H,7-8,11-16H2,1-4H3,(H,31,40)(H,33,34,35)/t24-/m0/s1. The first-order chi connectivity index (χ1) is 20.1. The van der Waals surface area contributed by atoms with Crippen molar-refractivity contribution in [3.63, 3.8) is 0 Å². The van der Waals surface area contributed by atoms with E-state index in [-0.39, 0.29) is 36.0 Å². The zero-order valence-electron chi connectivity index (χ0n) is 24.6. The topological polar surface area (TPSA) is 146 Å². The van der Waals surface area contributed by atoms with Crippen LogP contribution in [0, 0.1) is 6.92 Å². The van der Waals surface area contributed by atoms with E-state index >= 15 is 0 Å². The normalized spacial score (nSPS) is 16.1. The predicted octanol–water partition coefficient (Wildman–Crippen LogP) is 2.27. The van der Waals surface area contributed by atoms with Gasteiger partial charge in [0.05, 0.1) is 17.8 Å². The molecule has 1 aromatic carbocycles. The predicted molar refractivity (Wildman–Crippen MR) is 155 cm³/mol. The van der Waals surface area contributed by atoms with Gasteiger partial charge in [0.25, 0.3) is 5.91 Å². The monoisotopic (exact) mass is 577 g/mol. The highest BCUT2D eigenvalue weighted by atomic mass is 16.5. The Kier molecular flexibility index (Phi) is 9.03. The lowest BCUT2D eigenvalue weighted by molar-refractivity contribution is -0.132. The summed E-state index contributed by atoms with van der Waals surface area (Å²) in [7, 11) is 0. The summed E-state index contributed by atoms with van der Waals surface area (Å²) in [6, 6.07) is 7.78. The van der Waals surface area contributed by atoms with Gasteiger partial charge in [-0.15, -0.1) is 0 Å². The van der Waals surface area contributed by atoms with Gasteiger partial charge in [0.2, 0.25) is 5.91 Å². The van der Waals surface area contributed by atoms with Gasteiger partial charge in [0.1, 0.15) is 29.7 Å². The van der Waals surface area contributed by atoms with Crippen molar-refractivity contribution in [2.24, 2.45) is 0 Å². The highest BCUT2D eigenvalue weighted by Crippen LogP contribution is 2.25. The van der Waals surface area contributed by atoms with E-state index in [1.807, 2.05) is 26.8 Å². The van der Waals surface area contributed by atoms with Crippen LogP contribution in [-0.2, 0) is 24.4 Å². The smallest absolute Gasteiger partial charge is 0.270 e. The number of benzene rings is 1. The lowest BCUT2D eigenvalue weighted by Gasteiger charge is -2.39. The number of aliphatic hydroxyl groups excluding tert-OH is 1. The van der Waals surface area contributed by atoms with Gasteiger partial charge >= 0.3 is 0 Å². The van der Waals surface area contributed by atoms with Crippen molar-refractivity contribution in [1.82, 2.24) is 30.1 Å². The number of hydrogen-bond acceptors (Lipinski definition) is 10. The average molecular weight is 578 g/mol. The van der Waals surface area contributed by atoms with E-state index in [0.29, 0.717) is 50.2 Å². The number of ether oxygens (including phenoxy) is 1. The summed E-state index contributed by atoms with van der Waals surface area (Å²) in [6.45, 7) is 11.0. The first-order valence-electron chi connectivity index (χ1n) is 14.4. The van der Waals surface area contributed by atoms with Crippen LogP contribution in [0.3, 0.4) is 0 Å². The molecule has 2 aliphatic heterocycles. The second-order valence-corrected chi connectivity index (χ2v) is 11.3. The van der Waals surface area contributed by atoms with Gasteiger partial charge in [0.15, 0.2) is 12.2 Å². The van der Waals surface area contributed by atoms with Crippen LogP contribution in [0.2, 0.25) is 0 Å².